The third kappa shape index (κ3) is 3.36. The minimum atomic E-state index is -3.55. The van der Waals surface area contributed by atoms with Gasteiger partial charge < -0.3 is 0 Å². The molecule has 114 valence electrons. The summed E-state index contributed by atoms with van der Waals surface area (Å²) >= 11 is 7.09. The second kappa shape index (κ2) is 6.16. The molecular weight excluding hydrogens is 330 g/mol. The topological polar surface area (TPSA) is 70.9 Å². The van der Waals surface area contributed by atoms with Crippen LogP contribution < -0.4 is 4.72 Å². The van der Waals surface area contributed by atoms with E-state index >= 15 is 0 Å². The predicted octanol–water partition coefficient (Wildman–Crippen LogP) is 3.49. The van der Waals surface area contributed by atoms with E-state index in [1.54, 1.807) is 18.2 Å². The molecule has 1 aliphatic carbocycles. The van der Waals surface area contributed by atoms with E-state index in [2.05, 4.69) is 13.4 Å². The molecule has 0 amide bonds. The molecule has 3 rings (SSSR count). The maximum atomic E-state index is 12.5. The molecule has 1 heterocycles. The van der Waals surface area contributed by atoms with Gasteiger partial charge in [0.1, 0.15) is 16.3 Å². The van der Waals surface area contributed by atoms with Crippen LogP contribution in [0, 0.1) is 5.92 Å². The highest BCUT2D eigenvalue weighted by Gasteiger charge is 2.25. The number of benzene rings is 1. The summed E-state index contributed by atoms with van der Waals surface area (Å²) in [5.41, 5.74) is 1.06. The summed E-state index contributed by atoms with van der Waals surface area (Å²) in [6.07, 6.45) is 3.86. The highest BCUT2D eigenvalue weighted by atomic mass is 35.5. The Bertz CT molecular complexity index is 706. The fourth-order valence-electron chi connectivity index (χ4n) is 2.63. The molecule has 8 heteroatoms. The first-order valence-corrected chi connectivity index (χ1v) is 9.56. The number of nitrogens with one attached hydrogen (secondary N) is 1. The minimum Gasteiger partial charge on any atom is -0.211 e. The number of fused-ring (bicyclic) bond motifs is 1. The number of rotatable bonds is 4. The van der Waals surface area contributed by atoms with Crippen LogP contribution in [0.5, 0.6) is 0 Å². The summed E-state index contributed by atoms with van der Waals surface area (Å²) in [7, 11) is -3.55. The van der Waals surface area contributed by atoms with Gasteiger partial charge in [-0.3, -0.25) is 0 Å². The third-order valence-corrected chi connectivity index (χ3v) is 6.31. The molecule has 0 saturated heterocycles. The van der Waals surface area contributed by atoms with E-state index in [1.165, 1.54) is 0 Å². The van der Waals surface area contributed by atoms with Gasteiger partial charge in [0.2, 0.25) is 10.0 Å². The molecule has 1 aromatic carbocycles. The first kappa shape index (κ1) is 15.1. The summed E-state index contributed by atoms with van der Waals surface area (Å²) in [4.78, 5) is 0.208. The lowest BCUT2D eigenvalue weighted by Crippen LogP contribution is -2.31. The first-order valence-electron chi connectivity index (χ1n) is 6.91. The molecule has 1 aliphatic heterocycles. The van der Waals surface area contributed by atoms with E-state index < -0.39 is 10.0 Å². The lowest BCUT2D eigenvalue weighted by atomic mass is 9.89. The highest BCUT2D eigenvalue weighted by molar-refractivity contribution is 7.89. The Morgan fingerprint density at radius 3 is 2.76 bits per heavy atom. The second-order valence-electron chi connectivity index (χ2n) is 5.36. The number of hydrogen-bond donors (Lipinski definition) is 1. The van der Waals surface area contributed by atoms with Gasteiger partial charge in [0.05, 0.1) is 11.4 Å². The lowest BCUT2D eigenvalue weighted by molar-refractivity contribution is 0.361. The van der Waals surface area contributed by atoms with Gasteiger partial charge in [-0.2, -0.15) is 8.73 Å². The first-order chi connectivity index (χ1) is 10.1. The predicted molar refractivity (Wildman–Crippen MR) is 84.8 cm³/mol. The van der Waals surface area contributed by atoms with Crippen molar-refractivity contribution >= 4 is 44.4 Å². The molecular formula is C13H16ClN3O2S2. The Kier molecular flexibility index (Phi) is 4.44. The molecule has 1 saturated carbocycles. The number of nitrogens with zero attached hydrogens (tertiary/aromatic N) is 2. The number of alkyl halides is 1. The molecule has 0 unspecified atom stereocenters. The lowest BCUT2D eigenvalue weighted by Gasteiger charge is -2.25. The monoisotopic (exact) mass is 345 g/mol. The van der Waals surface area contributed by atoms with E-state index in [0.29, 0.717) is 23.8 Å². The number of sulfonamides is 1. The average Bonchev–Trinajstić information content (AvgIpc) is 2.95. The van der Waals surface area contributed by atoms with Crippen molar-refractivity contribution in [1.82, 2.24) is 4.72 Å². The molecule has 21 heavy (non-hydrogen) atoms. The fourth-order valence-corrected chi connectivity index (χ4v) is 4.76. The Hall–Kier alpha value is -0.760. The molecule has 1 aromatic rings. The van der Waals surface area contributed by atoms with E-state index in [0.717, 1.165) is 37.0 Å². The van der Waals surface area contributed by atoms with E-state index in [-0.39, 0.29) is 10.3 Å². The van der Waals surface area contributed by atoms with Crippen molar-refractivity contribution in [2.24, 2.45) is 14.6 Å². The van der Waals surface area contributed by atoms with Crippen molar-refractivity contribution in [3.05, 3.63) is 18.2 Å². The zero-order chi connectivity index (χ0) is 14.9. The van der Waals surface area contributed by atoms with Crippen LogP contribution >= 0.6 is 11.6 Å². The fraction of sp³-hybridized carbons (Fsp3) is 0.538. The van der Waals surface area contributed by atoms with Crippen LogP contribution in [0.25, 0.3) is 0 Å². The quantitative estimate of drug-likeness (QED) is 0.861. The summed E-state index contributed by atoms with van der Waals surface area (Å²) in [5, 5.41) is 0.243. The maximum Gasteiger partial charge on any atom is 0.242 e. The molecule has 5 nitrogen and oxygen atoms in total. The van der Waals surface area contributed by atoms with Crippen LogP contribution in [-0.4, -0.2) is 20.3 Å². The summed E-state index contributed by atoms with van der Waals surface area (Å²) in [6.45, 7) is 0.458. The largest absolute Gasteiger partial charge is 0.242 e. The van der Waals surface area contributed by atoms with Crippen molar-refractivity contribution < 1.29 is 8.42 Å². The molecule has 0 radical (unpaired) electrons. The van der Waals surface area contributed by atoms with E-state index in [1.807, 2.05) is 0 Å². The SMILES string of the molecule is O=S(=O)(NCC1CCC(Cl)CC1)c1cccc2c1N=S=N2. The second-order valence-corrected chi connectivity index (χ2v) is 8.24. The number of halogens is 1. The summed E-state index contributed by atoms with van der Waals surface area (Å²) in [6, 6.07) is 5.03. The van der Waals surface area contributed by atoms with Crippen molar-refractivity contribution in [2.45, 2.75) is 36.0 Å². The minimum absolute atomic E-state index is 0.208. The number of hydrogen-bond acceptors (Lipinski definition) is 4. The maximum absolute atomic E-state index is 12.5. The van der Waals surface area contributed by atoms with Crippen LogP contribution in [0.1, 0.15) is 25.7 Å². The normalized spacial score (nSPS) is 24.6. The Labute approximate surface area is 133 Å². The molecule has 1 fully saturated rings. The molecule has 2 aliphatic rings. The van der Waals surface area contributed by atoms with Gasteiger partial charge in [0, 0.05) is 11.9 Å². The van der Waals surface area contributed by atoms with Crippen LogP contribution in [0.4, 0.5) is 11.4 Å². The van der Waals surface area contributed by atoms with Crippen LogP contribution in [0.3, 0.4) is 0 Å². The van der Waals surface area contributed by atoms with Crippen LogP contribution in [0.15, 0.2) is 31.8 Å². The average molecular weight is 346 g/mol. The zero-order valence-electron chi connectivity index (χ0n) is 11.3. The van der Waals surface area contributed by atoms with Gasteiger partial charge in [-0.25, -0.2) is 13.1 Å². The van der Waals surface area contributed by atoms with Crippen LogP contribution in [-0.2, 0) is 21.4 Å². The van der Waals surface area contributed by atoms with Gasteiger partial charge in [-0.05, 0) is 43.7 Å². The van der Waals surface area contributed by atoms with Gasteiger partial charge in [-0.15, -0.1) is 11.6 Å². The van der Waals surface area contributed by atoms with Crippen molar-refractivity contribution in [3.8, 4) is 0 Å². The summed E-state index contributed by atoms with van der Waals surface area (Å²) in [5.74, 6) is 0.363. The molecule has 1 N–H and O–H groups in total. The highest BCUT2D eigenvalue weighted by Crippen LogP contribution is 2.37. The van der Waals surface area contributed by atoms with Crippen molar-refractivity contribution in [2.75, 3.05) is 6.54 Å². The van der Waals surface area contributed by atoms with Gasteiger partial charge in [0.25, 0.3) is 0 Å². The van der Waals surface area contributed by atoms with Crippen LogP contribution in [0.2, 0.25) is 0 Å². The van der Waals surface area contributed by atoms with E-state index in [4.69, 9.17) is 11.6 Å². The van der Waals surface area contributed by atoms with Gasteiger partial charge in [0.15, 0.2) is 0 Å². The van der Waals surface area contributed by atoms with Gasteiger partial charge in [-0.1, -0.05) is 6.07 Å². The molecule has 0 aromatic heterocycles. The molecule has 0 bridgehead atoms. The zero-order valence-corrected chi connectivity index (χ0v) is 13.7. The smallest absolute Gasteiger partial charge is 0.211 e. The van der Waals surface area contributed by atoms with Gasteiger partial charge >= 0.3 is 0 Å². The summed E-state index contributed by atoms with van der Waals surface area (Å²) < 4.78 is 35.8. The van der Waals surface area contributed by atoms with E-state index in [9.17, 15) is 8.42 Å². The molecule has 0 spiro atoms. The third-order valence-electron chi connectivity index (χ3n) is 3.88. The standard InChI is InChI=1S/C13H16ClN3O2S2/c14-10-6-4-9(5-7-10)8-15-21(18,19)12-3-1-2-11-13(12)17-20-16-11/h1-3,9-10,15H,4-8H2. The van der Waals surface area contributed by atoms with Crippen molar-refractivity contribution in [3.63, 3.8) is 0 Å². The Balaban J connectivity index is 1.71. The Morgan fingerprint density at radius 2 is 2.00 bits per heavy atom. The van der Waals surface area contributed by atoms with Crippen molar-refractivity contribution in [1.29, 1.82) is 0 Å². The molecule has 0 atom stereocenters. The Morgan fingerprint density at radius 1 is 1.24 bits per heavy atom.